The lowest BCUT2D eigenvalue weighted by Crippen LogP contribution is -2.54. The van der Waals surface area contributed by atoms with Crippen molar-refractivity contribution in [3.8, 4) is 17.0 Å². The smallest absolute Gasteiger partial charge is 0.411 e. The van der Waals surface area contributed by atoms with Crippen molar-refractivity contribution in [1.29, 1.82) is 0 Å². The zero-order valence-electron chi connectivity index (χ0n) is 20.9. The van der Waals surface area contributed by atoms with Crippen molar-refractivity contribution in [2.24, 2.45) is 13.0 Å². The highest BCUT2D eigenvalue weighted by atomic mass is 16.5. The highest BCUT2D eigenvalue weighted by Crippen LogP contribution is 2.42. The van der Waals surface area contributed by atoms with Crippen molar-refractivity contribution in [3.05, 3.63) is 65.9 Å². The van der Waals surface area contributed by atoms with Gasteiger partial charge in [-0.3, -0.25) is 19.7 Å². The Bertz CT molecular complexity index is 1240. The number of methoxy groups -OCH3 is 1. The van der Waals surface area contributed by atoms with E-state index in [4.69, 9.17) is 14.6 Å². The molecule has 3 saturated heterocycles. The Morgan fingerprint density at radius 3 is 2.50 bits per heavy atom. The molecule has 36 heavy (non-hydrogen) atoms. The number of benzene rings is 2. The molecular formula is C28H32N4O4. The number of amides is 1. The van der Waals surface area contributed by atoms with E-state index in [9.17, 15) is 9.59 Å². The Morgan fingerprint density at radius 2 is 1.86 bits per heavy atom. The van der Waals surface area contributed by atoms with E-state index in [1.165, 1.54) is 12.6 Å². The van der Waals surface area contributed by atoms with Crippen LogP contribution in [0.15, 0.2) is 54.6 Å². The summed E-state index contributed by atoms with van der Waals surface area (Å²) in [6.45, 7) is 3.84. The maximum Gasteiger partial charge on any atom is 0.411 e. The summed E-state index contributed by atoms with van der Waals surface area (Å²) in [7, 11) is 3.69. The topological polar surface area (TPSA) is 85.7 Å². The number of nitrogens with zero attached hydrogens (tertiary/aromatic N) is 3. The molecule has 8 nitrogen and oxygen atoms in total. The maximum atomic E-state index is 12.4. The number of carbonyl (C=O) groups excluding carboxylic acids is 2. The number of Topliss-reactive ketones (excluding diaryl/α,β-unsaturated/α-hetero) is 1. The molecule has 6 rings (SSSR count). The van der Waals surface area contributed by atoms with Crippen LogP contribution in [-0.2, 0) is 11.8 Å². The van der Waals surface area contributed by atoms with E-state index in [1.807, 2.05) is 36.0 Å². The average Bonchev–Trinajstić information content (AvgIpc) is 3.29. The number of aromatic nitrogens is 2. The number of anilines is 1. The highest BCUT2D eigenvalue weighted by Gasteiger charge is 2.42. The second-order valence-corrected chi connectivity index (χ2v) is 9.70. The molecule has 3 aliphatic rings. The Labute approximate surface area is 211 Å². The largest absolute Gasteiger partial charge is 0.497 e. The molecule has 4 heterocycles. The Balaban J connectivity index is 1.18. The predicted octanol–water partition coefficient (Wildman–Crippen LogP) is 4.72. The Kier molecular flexibility index (Phi) is 6.78. The number of nitrogens with one attached hydrogen (secondary N) is 1. The van der Waals surface area contributed by atoms with E-state index in [0.717, 1.165) is 42.9 Å². The fourth-order valence-corrected chi connectivity index (χ4v) is 5.49. The van der Waals surface area contributed by atoms with Gasteiger partial charge in [0, 0.05) is 48.1 Å². The van der Waals surface area contributed by atoms with Gasteiger partial charge in [-0.05, 0) is 86.8 Å². The van der Waals surface area contributed by atoms with Gasteiger partial charge in [0.25, 0.3) is 0 Å². The highest BCUT2D eigenvalue weighted by molar-refractivity contribution is 5.94. The summed E-state index contributed by atoms with van der Waals surface area (Å²) in [5.41, 5.74) is 4.52. The first kappa shape index (κ1) is 24.1. The number of piperidine rings is 3. The van der Waals surface area contributed by atoms with Gasteiger partial charge in [-0.15, -0.1) is 0 Å². The van der Waals surface area contributed by atoms with E-state index in [2.05, 4.69) is 16.3 Å². The predicted molar refractivity (Wildman–Crippen MR) is 137 cm³/mol. The minimum atomic E-state index is -0.472. The standard InChI is InChI=1S/C28H32N4O4/c1-18(33)19-4-8-22(9-5-19)29-28(34)36-17-23-14-21-12-13-32(23)16-25(21)27-15-26(30-31(27)2)20-6-10-24(35-3)11-7-20/h4-11,15,21,23,25H,12-14,16-17H2,1-3H3,(H,29,34). The molecule has 2 aromatic carbocycles. The third-order valence-electron chi connectivity index (χ3n) is 7.50. The minimum Gasteiger partial charge on any atom is -0.497 e. The molecule has 2 bridgehead atoms. The number of ether oxygens (including phenoxy) is 2. The summed E-state index contributed by atoms with van der Waals surface area (Å²) in [6.07, 6.45) is 1.66. The molecule has 188 valence electrons. The number of rotatable bonds is 7. The number of fused-ring (bicyclic) bond motifs is 3. The van der Waals surface area contributed by atoms with Gasteiger partial charge in [0.1, 0.15) is 12.4 Å². The molecule has 3 aliphatic heterocycles. The van der Waals surface area contributed by atoms with Gasteiger partial charge in [-0.25, -0.2) is 4.79 Å². The lowest BCUT2D eigenvalue weighted by molar-refractivity contribution is -0.00222. The normalized spacial score (nSPS) is 22.8. The Hall–Kier alpha value is -3.65. The molecule has 0 radical (unpaired) electrons. The fraction of sp³-hybridized carbons (Fsp3) is 0.393. The second kappa shape index (κ2) is 10.1. The van der Waals surface area contributed by atoms with Gasteiger partial charge in [0.15, 0.2) is 5.78 Å². The number of ketones is 1. The van der Waals surface area contributed by atoms with Crippen molar-refractivity contribution < 1.29 is 19.1 Å². The molecule has 3 aromatic rings. The molecule has 8 heteroatoms. The minimum absolute atomic E-state index is 0.00749. The van der Waals surface area contributed by atoms with Crippen LogP contribution in [0.2, 0.25) is 0 Å². The quantitative estimate of drug-likeness (QED) is 0.484. The fourth-order valence-electron chi connectivity index (χ4n) is 5.49. The van der Waals surface area contributed by atoms with Crippen molar-refractivity contribution in [3.63, 3.8) is 0 Å². The van der Waals surface area contributed by atoms with E-state index >= 15 is 0 Å². The third kappa shape index (κ3) is 4.99. The summed E-state index contributed by atoms with van der Waals surface area (Å²) in [5.74, 6) is 1.77. The molecule has 1 amide bonds. The molecule has 0 aliphatic carbocycles. The molecule has 4 atom stereocenters. The van der Waals surface area contributed by atoms with Crippen molar-refractivity contribution in [1.82, 2.24) is 14.7 Å². The van der Waals surface area contributed by atoms with E-state index < -0.39 is 6.09 Å². The molecule has 3 fully saturated rings. The average molecular weight is 489 g/mol. The maximum absolute atomic E-state index is 12.4. The SMILES string of the molecule is COc1ccc(-c2cc(C3CN4CCC3CC4COC(=O)Nc3ccc(C(C)=O)cc3)n(C)n2)cc1. The Morgan fingerprint density at radius 1 is 1.11 bits per heavy atom. The summed E-state index contributed by atoms with van der Waals surface area (Å²) in [6, 6.07) is 17.2. The lowest BCUT2D eigenvalue weighted by Gasteiger charge is -2.49. The van der Waals surface area contributed by atoms with Crippen LogP contribution in [-0.4, -0.2) is 59.4 Å². The zero-order chi connectivity index (χ0) is 25.2. The van der Waals surface area contributed by atoms with Crippen LogP contribution in [0.4, 0.5) is 10.5 Å². The number of hydrogen-bond acceptors (Lipinski definition) is 6. The molecule has 1 aromatic heterocycles. The molecule has 1 N–H and O–H groups in total. The van der Waals surface area contributed by atoms with Crippen molar-refractivity contribution in [2.45, 2.75) is 31.7 Å². The van der Waals surface area contributed by atoms with E-state index in [0.29, 0.717) is 29.7 Å². The zero-order valence-corrected chi connectivity index (χ0v) is 20.9. The van der Waals surface area contributed by atoms with Crippen LogP contribution in [0.3, 0.4) is 0 Å². The summed E-state index contributed by atoms with van der Waals surface area (Å²) in [4.78, 5) is 26.2. The summed E-state index contributed by atoms with van der Waals surface area (Å²) < 4.78 is 12.9. The first-order chi connectivity index (χ1) is 17.4. The molecular weight excluding hydrogens is 456 g/mol. The molecule has 0 saturated carbocycles. The van der Waals surface area contributed by atoms with Crippen LogP contribution in [0.25, 0.3) is 11.3 Å². The summed E-state index contributed by atoms with van der Waals surface area (Å²) >= 11 is 0. The van der Waals surface area contributed by atoms with E-state index in [1.54, 1.807) is 31.4 Å². The van der Waals surface area contributed by atoms with Gasteiger partial charge in [-0.1, -0.05) is 0 Å². The lowest BCUT2D eigenvalue weighted by atomic mass is 9.74. The van der Waals surface area contributed by atoms with Crippen LogP contribution >= 0.6 is 0 Å². The van der Waals surface area contributed by atoms with Crippen LogP contribution in [0, 0.1) is 5.92 Å². The van der Waals surface area contributed by atoms with Gasteiger partial charge in [-0.2, -0.15) is 5.10 Å². The monoisotopic (exact) mass is 488 g/mol. The van der Waals surface area contributed by atoms with Crippen molar-refractivity contribution >= 4 is 17.6 Å². The van der Waals surface area contributed by atoms with Gasteiger partial charge in [0.2, 0.25) is 0 Å². The van der Waals surface area contributed by atoms with Crippen LogP contribution in [0.1, 0.15) is 41.7 Å². The number of carbonyl (C=O) groups is 2. The van der Waals surface area contributed by atoms with E-state index in [-0.39, 0.29) is 11.8 Å². The second-order valence-electron chi connectivity index (χ2n) is 9.70. The number of aryl methyl sites for hydroxylation is 1. The van der Waals surface area contributed by atoms with Crippen LogP contribution in [0.5, 0.6) is 5.75 Å². The number of hydrogen-bond donors (Lipinski definition) is 1. The first-order valence-corrected chi connectivity index (χ1v) is 12.4. The summed E-state index contributed by atoms with van der Waals surface area (Å²) in [5, 5.41) is 7.54. The molecule has 4 unspecified atom stereocenters. The molecule has 0 spiro atoms. The first-order valence-electron chi connectivity index (χ1n) is 12.4. The van der Waals surface area contributed by atoms with Gasteiger partial charge in [0.05, 0.1) is 12.8 Å². The third-order valence-corrected chi connectivity index (χ3v) is 7.50. The van der Waals surface area contributed by atoms with Crippen LogP contribution < -0.4 is 10.1 Å². The van der Waals surface area contributed by atoms with Gasteiger partial charge < -0.3 is 9.47 Å². The van der Waals surface area contributed by atoms with Crippen molar-refractivity contribution in [2.75, 3.05) is 32.1 Å². The van der Waals surface area contributed by atoms with Gasteiger partial charge >= 0.3 is 6.09 Å².